The zero-order valence-corrected chi connectivity index (χ0v) is 16.5. The van der Waals surface area contributed by atoms with Crippen LogP contribution in [0.5, 0.6) is 0 Å². The number of amides is 2. The molecular weight excluding hydrogens is 394 g/mol. The number of aromatic nitrogens is 3. The van der Waals surface area contributed by atoms with E-state index in [1.165, 1.54) is 30.5 Å². The number of aryl methyl sites for hydroxylation is 1. The van der Waals surface area contributed by atoms with Crippen molar-refractivity contribution in [3.8, 4) is 11.3 Å². The van der Waals surface area contributed by atoms with Crippen LogP contribution in [0.4, 0.5) is 25.4 Å². The van der Waals surface area contributed by atoms with E-state index in [2.05, 4.69) is 20.4 Å². The summed E-state index contributed by atoms with van der Waals surface area (Å²) >= 11 is 0. The highest BCUT2D eigenvalue weighted by Gasteiger charge is 2.24. The second-order valence-electron chi connectivity index (χ2n) is 6.96. The largest absolute Gasteiger partial charge is 0.338 e. The van der Waals surface area contributed by atoms with Crippen molar-refractivity contribution in [1.29, 1.82) is 0 Å². The maximum atomic E-state index is 14.1. The third-order valence-corrected chi connectivity index (χ3v) is 5.09. The Labute approximate surface area is 171 Å². The predicted molar refractivity (Wildman–Crippen MR) is 106 cm³/mol. The average Bonchev–Trinajstić information content (AvgIpc) is 3.06. The number of rotatable bonds is 3. The van der Waals surface area contributed by atoms with E-state index in [1.807, 2.05) is 11.8 Å². The lowest BCUT2D eigenvalue weighted by Crippen LogP contribution is -2.50. The number of carbonyl (C=O) groups is 1. The Hall–Kier alpha value is -3.56. The predicted octanol–water partition coefficient (Wildman–Crippen LogP) is 3.38. The van der Waals surface area contributed by atoms with Crippen molar-refractivity contribution in [2.24, 2.45) is 0 Å². The van der Waals surface area contributed by atoms with Gasteiger partial charge in [0.15, 0.2) is 0 Å². The molecule has 0 atom stereocenters. The van der Waals surface area contributed by atoms with Gasteiger partial charge in [0.05, 0.1) is 17.0 Å². The third-order valence-electron chi connectivity index (χ3n) is 5.09. The van der Waals surface area contributed by atoms with Crippen molar-refractivity contribution in [1.82, 2.24) is 20.0 Å². The lowest BCUT2D eigenvalue weighted by atomic mass is 10.1. The van der Waals surface area contributed by atoms with Gasteiger partial charge in [0.2, 0.25) is 11.8 Å². The zero-order chi connectivity index (χ0) is 21.3. The fourth-order valence-corrected chi connectivity index (χ4v) is 3.20. The SMILES string of the molecule is Cc1noc(NC(=O)N2CCN(c3nccc(-c4c(F)cccc4F)n3)CC2)c1C. The molecular formula is C20H20F2N6O2. The lowest BCUT2D eigenvalue weighted by Gasteiger charge is -2.34. The van der Waals surface area contributed by atoms with Gasteiger partial charge < -0.3 is 14.3 Å². The van der Waals surface area contributed by atoms with Crippen LogP contribution < -0.4 is 10.2 Å². The molecule has 0 spiro atoms. The Morgan fingerprint density at radius 1 is 1.10 bits per heavy atom. The molecule has 1 aliphatic rings. The molecule has 1 N–H and O–H groups in total. The summed E-state index contributed by atoms with van der Waals surface area (Å²) < 4.78 is 33.3. The highest BCUT2D eigenvalue weighted by Crippen LogP contribution is 2.25. The molecule has 0 bridgehead atoms. The normalized spacial score (nSPS) is 14.1. The summed E-state index contributed by atoms with van der Waals surface area (Å²) in [6.07, 6.45) is 1.47. The number of nitrogens with zero attached hydrogens (tertiary/aromatic N) is 5. The van der Waals surface area contributed by atoms with E-state index in [0.29, 0.717) is 38.0 Å². The first-order valence-corrected chi connectivity index (χ1v) is 9.45. The molecule has 1 aromatic carbocycles. The number of hydrogen-bond acceptors (Lipinski definition) is 6. The molecule has 30 heavy (non-hydrogen) atoms. The summed E-state index contributed by atoms with van der Waals surface area (Å²) in [7, 11) is 0. The second-order valence-corrected chi connectivity index (χ2v) is 6.96. The van der Waals surface area contributed by atoms with E-state index >= 15 is 0 Å². The quantitative estimate of drug-likeness (QED) is 0.707. The maximum absolute atomic E-state index is 14.1. The number of halogens is 2. The second kappa shape index (κ2) is 8.05. The molecule has 0 saturated carbocycles. The summed E-state index contributed by atoms with van der Waals surface area (Å²) in [4.78, 5) is 24.6. The van der Waals surface area contributed by atoms with Crippen molar-refractivity contribution < 1.29 is 18.1 Å². The highest BCUT2D eigenvalue weighted by atomic mass is 19.1. The Kier molecular flexibility index (Phi) is 5.30. The minimum Gasteiger partial charge on any atom is -0.338 e. The van der Waals surface area contributed by atoms with Crippen molar-refractivity contribution in [2.45, 2.75) is 13.8 Å². The van der Waals surface area contributed by atoms with Gasteiger partial charge in [-0.1, -0.05) is 11.2 Å². The first kappa shape index (κ1) is 19.7. The molecule has 4 rings (SSSR count). The van der Waals surface area contributed by atoms with Crippen LogP contribution >= 0.6 is 0 Å². The number of carbonyl (C=O) groups excluding carboxylic acids is 1. The van der Waals surface area contributed by atoms with Gasteiger partial charge in [-0.2, -0.15) is 0 Å². The van der Waals surface area contributed by atoms with Crippen LogP contribution in [-0.2, 0) is 0 Å². The fraction of sp³-hybridized carbons (Fsp3) is 0.300. The van der Waals surface area contributed by atoms with E-state index in [4.69, 9.17) is 4.52 Å². The van der Waals surface area contributed by atoms with Gasteiger partial charge in [0.25, 0.3) is 0 Å². The Bertz CT molecular complexity index is 1060. The molecule has 1 aliphatic heterocycles. The van der Waals surface area contributed by atoms with Crippen LogP contribution in [0.2, 0.25) is 0 Å². The van der Waals surface area contributed by atoms with Crippen molar-refractivity contribution in [3.05, 3.63) is 53.4 Å². The molecule has 3 heterocycles. The van der Waals surface area contributed by atoms with Gasteiger partial charge in [0, 0.05) is 37.9 Å². The molecule has 1 fully saturated rings. The fourth-order valence-electron chi connectivity index (χ4n) is 3.20. The van der Waals surface area contributed by atoms with Gasteiger partial charge in [-0.15, -0.1) is 0 Å². The number of urea groups is 1. The summed E-state index contributed by atoms with van der Waals surface area (Å²) in [5, 5.41) is 6.55. The van der Waals surface area contributed by atoms with Crippen molar-refractivity contribution in [3.63, 3.8) is 0 Å². The molecule has 0 unspecified atom stereocenters. The van der Waals surface area contributed by atoms with Crippen LogP contribution in [0, 0.1) is 25.5 Å². The summed E-state index contributed by atoms with van der Waals surface area (Å²) in [5.41, 5.74) is 1.50. The highest BCUT2D eigenvalue weighted by molar-refractivity contribution is 5.88. The summed E-state index contributed by atoms with van der Waals surface area (Å²) in [6.45, 7) is 5.44. The molecule has 0 radical (unpaired) electrons. The smallest absolute Gasteiger partial charge is 0.324 e. The first-order chi connectivity index (χ1) is 14.4. The Morgan fingerprint density at radius 2 is 1.80 bits per heavy atom. The molecule has 8 nitrogen and oxygen atoms in total. The van der Waals surface area contributed by atoms with Crippen LogP contribution in [0.1, 0.15) is 11.3 Å². The molecule has 0 aliphatic carbocycles. The average molecular weight is 414 g/mol. The lowest BCUT2D eigenvalue weighted by molar-refractivity contribution is 0.207. The van der Waals surface area contributed by atoms with E-state index in [1.54, 1.807) is 11.8 Å². The summed E-state index contributed by atoms with van der Waals surface area (Å²) in [6, 6.07) is 4.88. The van der Waals surface area contributed by atoms with Crippen LogP contribution in [-0.4, -0.2) is 52.2 Å². The van der Waals surface area contributed by atoms with Gasteiger partial charge >= 0.3 is 6.03 Å². The van der Waals surface area contributed by atoms with Gasteiger partial charge in [0.1, 0.15) is 11.6 Å². The number of piperazine rings is 1. The van der Waals surface area contributed by atoms with Crippen LogP contribution in [0.3, 0.4) is 0 Å². The number of nitrogens with one attached hydrogen (secondary N) is 1. The van der Waals surface area contributed by atoms with E-state index in [-0.39, 0.29) is 17.3 Å². The molecule has 1 saturated heterocycles. The Morgan fingerprint density at radius 3 is 2.43 bits per heavy atom. The van der Waals surface area contributed by atoms with E-state index in [0.717, 1.165) is 11.3 Å². The van der Waals surface area contributed by atoms with Gasteiger partial charge in [-0.25, -0.2) is 23.5 Å². The molecule has 2 amide bonds. The standard InChI is InChI=1S/C20H20F2N6O2/c1-12-13(2)26-30-18(12)25-20(29)28-10-8-27(9-11-28)19-23-7-6-16(24-19)17-14(21)4-3-5-15(17)22/h3-7H,8-11H2,1-2H3,(H,25,29). The monoisotopic (exact) mass is 414 g/mol. The molecule has 3 aromatic rings. The van der Waals surface area contributed by atoms with Crippen LogP contribution in [0.25, 0.3) is 11.3 Å². The minimum absolute atomic E-state index is 0.173. The third kappa shape index (κ3) is 3.80. The molecule has 2 aromatic heterocycles. The van der Waals surface area contributed by atoms with Crippen molar-refractivity contribution >= 4 is 17.9 Å². The van der Waals surface area contributed by atoms with E-state index in [9.17, 15) is 13.6 Å². The zero-order valence-electron chi connectivity index (χ0n) is 16.5. The van der Waals surface area contributed by atoms with Gasteiger partial charge in [-0.3, -0.25) is 5.32 Å². The van der Waals surface area contributed by atoms with Gasteiger partial charge in [-0.05, 0) is 32.0 Å². The first-order valence-electron chi connectivity index (χ1n) is 9.45. The van der Waals surface area contributed by atoms with Crippen LogP contribution in [0.15, 0.2) is 35.0 Å². The molecule has 10 heteroatoms. The number of benzene rings is 1. The summed E-state index contributed by atoms with van der Waals surface area (Å²) in [5.74, 6) is -0.669. The maximum Gasteiger partial charge on any atom is 0.324 e. The Balaban J connectivity index is 1.43. The molecule has 156 valence electrons. The van der Waals surface area contributed by atoms with Crippen molar-refractivity contribution in [2.75, 3.05) is 36.4 Å². The minimum atomic E-state index is -0.681. The number of anilines is 2. The number of hydrogen-bond donors (Lipinski definition) is 1. The van der Waals surface area contributed by atoms with E-state index < -0.39 is 11.6 Å². The topological polar surface area (TPSA) is 87.4 Å².